The van der Waals surface area contributed by atoms with Gasteiger partial charge in [0.2, 0.25) is 10.4 Å². The zero-order valence-electron chi connectivity index (χ0n) is 10.7. The fraction of sp³-hybridized carbons (Fsp3) is 0.0769. The second-order valence-corrected chi connectivity index (χ2v) is 4.38. The van der Waals surface area contributed by atoms with Crippen LogP contribution in [-0.4, -0.2) is 19.6 Å². The molecule has 0 spiro atoms. The SMILES string of the molecule is C=CCOS(=O)(=O)[O-].[Na+].c1ccc2ccccc2c1. The minimum Gasteiger partial charge on any atom is -0.726 e. The second-order valence-electron chi connectivity index (χ2n) is 3.33. The van der Waals surface area contributed by atoms with Gasteiger partial charge in [-0.15, -0.1) is 6.58 Å². The quantitative estimate of drug-likeness (QED) is 0.330. The van der Waals surface area contributed by atoms with Gasteiger partial charge in [0.05, 0.1) is 6.61 Å². The van der Waals surface area contributed by atoms with E-state index in [2.05, 4.69) is 59.3 Å². The molecule has 0 N–H and O–H groups in total. The third kappa shape index (κ3) is 8.15. The van der Waals surface area contributed by atoms with E-state index in [0.717, 1.165) is 0 Å². The van der Waals surface area contributed by atoms with Crippen LogP contribution in [0.1, 0.15) is 0 Å². The first-order valence-electron chi connectivity index (χ1n) is 5.18. The first kappa shape index (κ1) is 18.3. The summed E-state index contributed by atoms with van der Waals surface area (Å²) >= 11 is 0. The molecule has 0 aliphatic rings. The van der Waals surface area contributed by atoms with Crippen molar-refractivity contribution in [2.75, 3.05) is 6.61 Å². The molecule has 0 saturated heterocycles. The summed E-state index contributed by atoms with van der Waals surface area (Å²) in [5.74, 6) is 0. The maximum Gasteiger partial charge on any atom is 1.00 e. The van der Waals surface area contributed by atoms with Crippen LogP contribution in [0.25, 0.3) is 10.8 Å². The van der Waals surface area contributed by atoms with Gasteiger partial charge in [0, 0.05) is 0 Å². The van der Waals surface area contributed by atoms with Crippen LogP contribution in [-0.2, 0) is 14.6 Å². The molecule has 2 rings (SSSR count). The molecule has 2 aromatic rings. The fourth-order valence-electron chi connectivity index (χ4n) is 1.26. The molecule has 0 unspecified atom stereocenters. The first-order chi connectivity index (χ1) is 8.53. The summed E-state index contributed by atoms with van der Waals surface area (Å²) < 4.78 is 32.4. The monoisotopic (exact) mass is 288 g/mol. The van der Waals surface area contributed by atoms with Crippen LogP contribution in [0.15, 0.2) is 61.2 Å². The third-order valence-electron chi connectivity index (χ3n) is 1.99. The molecule has 4 nitrogen and oxygen atoms in total. The van der Waals surface area contributed by atoms with Gasteiger partial charge in [-0.1, -0.05) is 54.6 Å². The maximum absolute atomic E-state index is 9.56. The van der Waals surface area contributed by atoms with E-state index < -0.39 is 10.4 Å². The molecule has 0 amide bonds. The number of fused-ring (bicyclic) bond motifs is 1. The van der Waals surface area contributed by atoms with Gasteiger partial charge in [-0.05, 0) is 10.8 Å². The van der Waals surface area contributed by atoms with Crippen molar-refractivity contribution in [3.05, 3.63) is 61.2 Å². The first-order valence-corrected chi connectivity index (χ1v) is 6.51. The minimum atomic E-state index is -4.51. The van der Waals surface area contributed by atoms with Crippen LogP contribution in [0.3, 0.4) is 0 Å². The Bertz CT molecular complexity index is 545. The van der Waals surface area contributed by atoms with E-state index in [1.807, 2.05) is 0 Å². The summed E-state index contributed by atoms with van der Waals surface area (Å²) in [6, 6.07) is 16.7. The molecule has 0 aromatic heterocycles. The molecular weight excluding hydrogens is 275 g/mol. The number of benzene rings is 2. The zero-order valence-corrected chi connectivity index (χ0v) is 13.5. The van der Waals surface area contributed by atoms with Gasteiger partial charge >= 0.3 is 29.6 Å². The normalized spacial score (nSPS) is 9.95. The van der Waals surface area contributed by atoms with Crippen LogP contribution in [0, 0.1) is 0 Å². The Labute approximate surface area is 135 Å². The number of hydrogen-bond acceptors (Lipinski definition) is 4. The molecule has 0 bridgehead atoms. The molecule has 0 heterocycles. The Balaban J connectivity index is 0.000000335. The molecule has 0 atom stereocenters. The van der Waals surface area contributed by atoms with Gasteiger partial charge < -0.3 is 4.55 Å². The van der Waals surface area contributed by atoms with Crippen molar-refractivity contribution in [2.45, 2.75) is 0 Å². The fourth-order valence-corrected chi connectivity index (χ4v) is 1.53. The summed E-state index contributed by atoms with van der Waals surface area (Å²) in [6.07, 6.45) is 1.18. The van der Waals surface area contributed by atoms with E-state index in [1.54, 1.807) is 0 Å². The molecule has 0 fully saturated rings. The zero-order chi connectivity index (χ0) is 13.4. The molecule has 0 saturated carbocycles. The molecule has 0 aliphatic carbocycles. The van der Waals surface area contributed by atoms with Crippen molar-refractivity contribution in [1.82, 2.24) is 0 Å². The molecular formula is C13H13NaO4S. The Kier molecular flexibility index (Phi) is 8.92. The molecule has 19 heavy (non-hydrogen) atoms. The molecule has 96 valence electrons. The van der Waals surface area contributed by atoms with Crippen LogP contribution in [0.4, 0.5) is 0 Å². The molecule has 0 radical (unpaired) electrons. The van der Waals surface area contributed by atoms with Gasteiger partial charge in [0.1, 0.15) is 0 Å². The standard InChI is InChI=1S/C10H8.C3H6O4S.Na/c1-2-6-10-8-4-3-7-9(10)5-1;1-2-3-7-8(4,5)6;/h1-8H;2H,1,3H2,(H,4,5,6);/q;;+1/p-1. The van der Waals surface area contributed by atoms with Crippen LogP contribution >= 0.6 is 0 Å². The van der Waals surface area contributed by atoms with Gasteiger partial charge in [-0.25, -0.2) is 8.42 Å². The van der Waals surface area contributed by atoms with E-state index >= 15 is 0 Å². The van der Waals surface area contributed by atoms with Gasteiger partial charge in [-0.2, -0.15) is 0 Å². The molecule has 6 heteroatoms. The van der Waals surface area contributed by atoms with Gasteiger partial charge in [0.15, 0.2) is 0 Å². The summed E-state index contributed by atoms with van der Waals surface area (Å²) in [4.78, 5) is 0. The topological polar surface area (TPSA) is 66.4 Å². The Hall–Kier alpha value is -0.690. The van der Waals surface area contributed by atoms with Crippen molar-refractivity contribution in [3.8, 4) is 0 Å². The van der Waals surface area contributed by atoms with Crippen molar-refractivity contribution < 1.29 is 46.7 Å². The Morgan fingerprint density at radius 2 is 1.42 bits per heavy atom. The maximum atomic E-state index is 9.56. The molecule has 0 aliphatic heterocycles. The predicted octanol–water partition coefficient (Wildman–Crippen LogP) is -0.507. The minimum absolute atomic E-state index is 0. The van der Waals surface area contributed by atoms with Crippen LogP contribution in [0.2, 0.25) is 0 Å². The van der Waals surface area contributed by atoms with E-state index in [1.165, 1.54) is 16.8 Å². The van der Waals surface area contributed by atoms with Crippen molar-refractivity contribution in [2.24, 2.45) is 0 Å². The van der Waals surface area contributed by atoms with E-state index in [9.17, 15) is 13.0 Å². The smallest absolute Gasteiger partial charge is 0.726 e. The summed E-state index contributed by atoms with van der Waals surface area (Å²) in [6.45, 7) is 2.88. The largest absolute Gasteiger partial charge is 1.00 e. The predicted molar refractivity (Wildman–Crippen MR) is 69.8 cm³/mol. The average molecular weight is 288 g/mol. The van der Waals surface area contributed by atoms with E-state index in [-0.39, 0.29) is 36.2 Å². The number of rotatable bonds is 3. The van der Waals surface area contributed by atoms with Crippen LogP contribution in [0.5, 0.6) is 0 Å². The summed E-state index contributed by atoms with van der Waals surface area (Å²) in [7, 11) is -4.51. The van der Waals surface area contributed by atoms with Crippen molar-refractivity contribution in [1.29, 1.82) is 0 Å². The Morgan fingerprint density at radius 1 is 1.05 bits per heavy atom. The summed E-state index contributed by atoms with van der Waals surface area (Å²) in [5.41, 5.74) is 0. The second kappa shape index (κ2) is 9.25. The molecule has 2 aromatic carbocycles. The van der Waals surface area contributed by atoms with Gasteiger partial charge in [0.25, 0.3) is 0 Å². The van der Waals surface area contributed by atoms with E-state index in [0.29, 0.717) is 0 Å². The van der Waals surface area contributed by atoms with Gasteiger partial charge in [-0.3, -0.25) is 4.18 Å². The van der Waals surface area contributed by atoms with Crippen LogP contribution < -0.4 is 29.6 Å². The Morgan fingerprint density at radius 3 is 1.63 bits per heavy atom. The summed E-state index contributed by atoms with van der Waals surface area (Å²) in [5, 5.41) is 2.62. The van der Waals surface area contributed by atoms with Crippen molar-refractivity contribution in [3.63, 3.8) is 0 Å². The average Bonchev–Trinajstić information content (AvgIpc) is 2.36. The van der Waals surface area contributed by atoms with Crippen molar-refractivity contribution >= 4 is 21.2 Å². The number of hydrogen-bond donors (Lipinski definition) is 0. The third-order valence-corrected chi connectivity index (χ3v) is 2.41. The van der Waals surface area contributed by atoms with E-state index in [4.69, 9.17) is 0 Å².